The van der Waals surface area contributed by atoms with E-state index >= 15 is 0 Å². The van der Waals surface area contributed by atoms with Gasteiger partial charge in [0.15, 0.2) is 9.84 Å². The Morgan fingerprint density at radius 2 is 1.78 bits per heavy atom. The number of sulfone groups is 1. The van der Waals surface area contributed by atoms with Crippen LogP contribution in [0.2, 0.25) is 0 Å². The second-order valence-corrected chi connectivity index (χ2v) is 7.38. The van der Waals surface area contributed by atoms with Crippen molar-refractivity contribution < 1.29 is 13.2 Å². The molecular formula is C13H17NO3S. The van der Waals surface area contributed by atoms with Crippen LogP contribution in [0.25, 0.3) is 0 Å². The zero-order valence-electron chi connectivity index (χ0n) is 11.2. The summed E-state index contributed by atoms with van der Waals surface area (Å²) >= 11 is 0. The van der Waals surface area contributed by atoms with Crippen molar-refractivity contribution in [1.82, 2.24) is 0 Å². The first-order valence-electron chi connectivity index (χ1n) is 5.50. The lowest BCUT2D eigenvalue weighted by atomic mass is 9.83. The van der Waals surface area contributed by atoms with Gasteiger partial charge in [0.2, 0.25) is 6.08 Å². The number of benzene rings is 1. The van der Waals surface area contributed by atoms with Crippen LogP contribution in [0.3, 0.4) is 0 Å². The lowest BCUT2D eigenvalue weighted by Crippen LogP contribution is -2.14. The summed E-state index contributed by atoms with van der Waals surface area (Å²) in [5.41, 5.74) is 1.81. The summed E-state index contributed by atoms with van der Waals surface area (Å²) in [6.07, 6.45) is 2.61. The van der Waals surface area contributed by atoms with Gasteiger partial charge in [-0.1, -0.05) is 20.8 Å². The van der Waals surface area contributed by atoms with Gasteiger partial charge in [-0.3, -0.25) is 0 Å². The molecule has 0 saturated carbocycles. The Hall–Kier alpha value is -1.45. The predicted octanol–water partition coefficient (Wildman–Crippen LogP) is 2.66. The van der Waals surface area contributed by atoms with Crippen molar-refractivity contribution in [2.45, 2.75) is 38.0 Å². The molecule has 0 aliphatic heterocycles. The molecule has 1 aromatic carbocycles. The van der Waals surface area contributed by atoms with E-state index in [9.17, 15) is 13.2 Å². The van der Waals surface area contributed by atoms with Crippen molar-refractivity contribution in [1.29, 1.82) is 0 Å². The molecule has 0 bridgehead atoms. The molecule has 0 radical (unpaired) electrons. The lowest BCUT2D eigenvalue weighted by molar-refractivity contribution is 0.564. The number of aryl methyl sites for hydroxylation is 1. The van der Waals surface area contributed by atoms with Crippen molar-refractivity contribution in [3.63, 3.8) is 0 Å². The fourth-order valence-corrected chi connectivity index (χ4v) is 2.78. The molecule has 0 N–H and O–H groups in total. The zero-order valence-corrected chi connectivity index (χ0v) is 12.1. The summed E-state index contributed by atoms with van der Waals surface area (Å²) in [5, 5.41) is 0. The molecule has 0 aliphatic rings. The van der Waals surface area contributed by atoms with Gasteiger partial charge in [0.05, 0.1) is 10.6 Å². The average molecular weight is 267 g/mol. The summed E-state index contributed by atoms with van der Waals surface area (Å²) in [6, 6.07) is 3.04. The third-order valence-electron chi connectivity index (χ3n) is 2.63. The van der Waals surface area contributed by atoms with Crippen LogP contribution < -0.4 is 0 Å². The third kappa shape index (κ3) is 3.06. The Balaban J connectivity index is 3.72. The van der Waals surface area contributed by atoms with Crippen LogP contribution in [0.4, 0.5) is 5.69 Å². The molecule has 0 spiro atoms. The Kier molecular flexibility index (Phi) is 3.79. The monoisotopic (exact) mass is 267 g/mol. The standard InChI is InChI=1S/C13H17NO3S/c1-9-6-10(18(5,16)17)7-11(14-8-15)12(9)13(2,3)4/h6-7H,1-5H3. The van der Waals surface area contributed by atoms with Crippen molar-refractivity contribution in [3.05, 3.63) is 23.3 Å². The molecule has 0 aliphatic carbocycles. The molecule has 0 amide bonds. The van der Waals surface area contributed by atoms with Crippen LogP contribution in [0, 0.1) is 6.92 Å². The molecule has 1 rings (SSSR count). The van der Waals surface area contributed by atoms with Crippen LogP contribution in [0.5, 0.6) is 0 Å². The zero-order chi connectivity index (χ0) is 14.1. The highest BCUT2D eigenvalue weighted by Gasteiger charge is 2.23. The summed E-state index contributed by atoms with van der Waals surface area (Å²) < 4.78 is 23.1. The minimum Gasteiger partial charge on any atom is -0.224 e. The van der Waals surface area contributed by atoms with Crippen LogP contribution in [0.15, 0.2) is 22.0 Å². The van der Waals surface area contributed by atoms with Crippen LogP contribution >= 0.6 is 0 Å². The van der Waals surface area contributed by atoms with Gasteiger partial charge in [0, 0.05) is 6.26 Å². The summed E-state index contributed by atoms with van der Waals surface area (Å²) in [6.45, 7) is 7.77. The van der Waals surface area contributed by atoms with Crippen LogP contribution in [-0.4, -0.2) is 20.8 Å². The molecule has 4 nitrogen and oxygen atoms in total. The Morgan fingerprint density at radius 3 is 2.17 bits per heavy atom. The second-order valence-electron chi connectivity index (χ2n) is 5.36. The van der Waals surface area contributed by atoms with E-state index < -0.39 is 9.84 Å². The predicted molar refractivity (Wildman–Crippen MR) is 70.8 cm³/mol. The Labute approximate surface area is 108 Å². The fraction of sp³-hybridized carbons (Fsp3) is 0.462. The van der Waals surface area contributed by atoms with E-state index in [1.54, 1.807) is 6.07 Å². The number of rotatable bonds is 2. The average Bonchev–Trinajstić information content (AvgIpc) is 2.13. The van der Waals surface area contributed by atoms with E-state index in [2.05, 4.69) is 4.99 Å². The van der Waals surface area contributed by atoms with Crippen molar-refractivity contribution in [2.24, 2.45) is 4.99 Å². The van der Waals surface area contributed by atoms with Crippen LogP contribution in [0.1, 0.15) is 31.9 Å². The molecular weight excluding hydrogens is 250 g/mol. The lowest BCUT2D eigenvalue weighted by Gasteiger charge is -2.23. The Morgan fingerprint density at radius 1 is 1.22 bits per heavy atom. The van der Waals surface area contributed by atoms with Crippen molar-refractivity contribution >= 4 is 21.6 Å². The summed E-state index contributed by atoms with van der Waals surface area (Å²) in [5.74, 6) is 0. The SMILES string of the molecule is Cc1cc(S(C)(=O)=O)cc(N=C=O)c1C(C)(C)C. The van der Waals surface area contributed by atoms with E-state index in [0.29, 0.717) is 5.69 Å². The van der Waals surface area contributed by atoms with Crippen LogP contribution in [-0.2, 0) is 20.0 Å². The number of isocyanates is 1. The number of nitrogens with zero attached hydrogens (tertiary/aromatic N) is 1. The largest absolute Gasteiger partial charge is 0.240 e. The third-order valence-corrected chi connectivity index (χ3v) is 3.72. The van der Waals surface area contributed by atoms with Gasteiger partial charge in [-0.25, -0.2) is 13.2 Å². The van der Waals surface area contributed by atoms with Gasteiger partial charge in [-0.2, -0.15) is 4.99 Å². The van der Waals surface area contributed by atoms with Gasteiger partial charge >= 0.3 is 0 Å². The molecule has 0 fully saturated rings. The summed E-state index contributed by atoms with van der Waals surface area (Å²) in [4.78, 5) is 14.3. The molecule has 1 aromatic rings. The molecule has 18 heavy (non-hydrogen) atoms. The number of hydrogen-bond donors (Lipinski definition) is 0. The minimum absolute atomic E-state index is 0.169. The minimum atomic E-state index is -3.32. The maximum absolute atomic E-state index is 11.6. The van der Waals surface area contributed by atoms with E-state index in [1.165, 1.54) is 12.1 Å². The van der Waals surface area contributed by atoms with Gasteiger partial charge in [0.25, 0.3) is 0 Å². The van der Waals surface area contributed by atoms with Gasteiger partial charge in [-0.15, -0.1) is 0 Å². The molecule has 0 atom stereocenters. The number of hydrogen-bond acceptors (Lipinski definition) is 4. The second kappa shape index (κ2) is 4.67. The maximum Gasteiger partial charge on any atom is 0.240 e. The highest BCUT2D eigenvalue weighted by Crippen LogP contribution is 2.36. The fourth-order valence-electron chi connectivity index (χ4n) is 2.06. The summed E-state index contributed by atoms with van der Waals surface area (Å²) in [7, 11) is -3.32. The normalized spacial score (nSPS) is 12.1. The molecule has 0 heterocycles. The van der Waals surface area contributed by atoms with E-state index in [-0.39, 0.29) is 10.3 Å². The first-order chi connectivity index (χ1) is 8.07. The Bertz CT molecular complexity index is 618. The number of carbonyl (C=O) groups excluding carboxylic acids is 1. The molecule has 0 unspecified atom stereocenters. The first kappa shape index (κ1) is 14.6. The first-order valence-corrected chi connectivity index (χ1v) is 7.39. The smallest absolute Gasteiger partial charge is 0.224 e. The van der Waals surface area contributed by atoms with E-state index in [4.69, 9.17) is 0 Å². The van der Waals surface area contributed by atoms with E-state index in [0.717, 1.165) is 17.4 Å². The molecule has 98 valence electrons. The highest BCUT2D eigenvalue weighted by molar-refractivity contribution is 7.90. The van der Waals surface area contributed by atoms with Crippen molar-refractivity contribution in [2.75, 3.05) is 6.26 Å². The topological polar surface area (TPSA) is 63.6 Å². The van der Waals surface area contributed by atoms with Gasteiger partial charge < -0.3 is 0 Å². The highest BCUT2D eigenvalue weighted by atomic mass is 32.2. The number of aliphatic imine (C=N–C) groups is 1. The van der Waals surface area contributed by atoms with E-state index in [1.807, 2.05) is 27.7 Å². The van der Waals surface area contributed by atoms with Gasteiger partial charge in [0.1, 0.15) is 0 Å². The van der Waals surface area contributed by atoms with Gasteiger partial charge in [-0.05, 0) is 35.6 Å². The quantitative estimate of drug-likeness (QED) is 0.611. The molecule has 0 aromatic heterocycles. The maximum atomic E-state index is 11.6. The van der Waals surface area contributed by atoms with Crippen molar-refractivity contribution in [3.8, 4) is 0 Å². The molecule has 5 heteroatoms. The molecule has 0 saturated heterocycles.